The second-order valence-electron chi connectivity index (χ2n) is 6.86. The fourth-order valence-corrected chi connectivity index (χ4v) is 3.69. The van der Waals surface area contributed by atoms with Crippen molar-refractivity contribution in [3.05, 3.63) is 82.9 Å². The normalized spacial score (nSPS) is 12.2. The Hall–Kier alpha value is -3.20. The Kier molecular flexibility index (Phi) is 5.80. The van der Waals surface area contributed by atoms with Crippen LogP contribution in [-0.4, -0.2) is 24.9 Å². The summed E-state index contributed by atoms with van der Waals surface area (Å²) in [6.07, 6.45) is 4.11. The van der Waals surface area contributed by atoms with Gasteiger partial charge in [-0.05, 0) is 42.3 Å². The van der Waals surface area contributed by atoms with Crippen LogP contribution in [0, 0.1) is 0 Å². The molecule has 1 atom stereocenters. The number of aryl methyl sites for hydroxylation is 1. The molecule has 7 nitrogen and oxygen atoms in total. The summed E-state index contributed by atoms with van der Waals surface area (Å²) in [7, 11) is 1.72. The molecule has 0 fully saturated rings. The topological polar surface area (TPSA) is 96.3 Å². The van der Waals surface area contributed by atoms with E-state index in [4.69, 9.17) is 9.29 Å². The van der Waals surface area contributed by atoms with Crippen LogP contribution in [0.25, 0.3) is 22.0 Å². The lowest BCUT2D eigenvalue weighted by molar-refractivity contribution is 0.484. The Morgan fingerprint density at radius 1 is 1.13 bits per heavy atom. The number of aromatic amines is 1. The monoisotopic (exact) mass is 423 g/mol. The van der Waals surface area contributed by atoms with Crippen LogP contribution in [0.2, 0.25) is 0 Å². The molecule has 0 saturated heterocycles. The highest BCUT2D eigenvalue weighted by Crippen LogP contribution is 2.37. The summed E-state index contributed by atoms with van der Waals surface area (Å²) in [5, 5.41) is 0.808. The molecule has 4 aromatic rings. The fraction of sp³-hybridized carbons (Fsp3) is 0.136. The average Bonchev–Trinajstić information content (AvgIpc) is 3.22. The quantitative estimate of drug-likeness (QED) is 0.396. The molecule has 0 spiro atoms. The number of para-hydroxylation sites is 1. The third-order valence-corrected chi connectivity index (χ3v) is 5.29. The molecule has 0 saturated carbocycles. The summed E-state index contributed by atoms with van der Waals surface area (Å²) in [4.78, 5) is 15.5. The van der Waals surface area contributed by atoms with Crippen LogP contribution in [-0.2, 0) is 24.7 Å². The van der Waals surface area contributed by atoms with Gasteiger partial charge in [-0.15, -0.1) is 0 Å². The Labute approximate surface area is 175 Å². The van der Waals surface area contributed by atoms with Gasteiger partial charge in [0, 0.05) is 42.5 Å². The summed E-state index contributed by atoms with van der Waals surface area (Å²) in [6.45, 7) is 0.355. The molecule has 4 rings (SSSR count). The van der Waals surface area contributed by atoms with Gasteiger partial charge < -0.3 is 14.3 Å². The molecule has 1 unspecified atom stereocenters. The smallest absolute Gasteiger partial charge is 0.274 e. The third-order valence-electron chi connectivity index (χ3n) is 4.84. The molecule has 0 aliphatic heterocycles. The maximum absolute atomic E-state index is 12.5. The van der Waals surface area contributed by atoms with Gasteiger partial charge in [-0.1, -0.05) is 24.3 Å². The van der Waals surface area contributed by atoms with E-state index in [1.165, 1.54) is 0 Å². The van der Waals surface area contributed by atoms with Gasteiger partial charge in [0.25, 0.3) is 5.56 Å². The predicted octanol–water partition coefficient (Wildman–Crippen LogP) is 3.59. The first-order valence-corrected chi connectivity index (χ1v) is 10.5. The lowest BCUT2D eigenvalue weighted by Gasteiger charge is -2.15. The Bertz CT molecular complexity index is 1260. The van der Waals surface area contributed by atoms with Gasteiger partial charge in [-0.3, -0.25) is 9.35 Å². The van der Waals surface area contributed by atoms with Gasteiger partial charge in [0.05, 0.1) is 0 Å². The van der Waals surface area contributed by atoms with Crippen LogP contribution >= 0.6 is 0 Å². The van der Waals surface area contributed by atoms with Crippen molar-refractivity contribution >= 4 is 22.2 Å². The van der Waals surface area contributed by atoms with Crippen molar-refractivity contribution in [1.82, 2.24) is 14.3 Å². The third kappa shape index (κ3) is 4.20. The van der Waals surface area contributed by atoms with E-state index in [0.29, 0.717) is 30.0 Å². The number of aromatic nitrogens is 2. The molecule has 0 aliphatic carbocycles. The average molecular weight is 423 g/mol. The molecule has 0 aliphatic rings. The zero-order chi connectivity index (χ0) is 21.1. The van der Waals surface area contributed by atoms with Crippen molar-refractivity contribution in [3.8, 4) is 22.6 Å². The highest BCUT2D eigenvalue weighted by Gasteiger charge is 2.15. The highest BCUT2D eigenvalue weighted by molar-refractivity contribution is 7.77. The van der Waals surface area contributed by atoms with Gasteiger partial charge in [0.2, 0.25) is 11.3 Å². The lowest BCUT2D eigenvalue weighted by Crippen LogP contribution is -2.19. The van der Waals surface area contributed by atoms with E-state index >= 15 is 0 Å². The van der Waals surface area contributed by atoms with Crippen molar-refractivity contribution in [1.29, 1.82) is 0 Å². The maximum atomic E-state index is 12.5. The summed E-state index contributed by atoms with van der Waals surface area (Å²) in [6, 6.07) is 17.2. The van der Waals surface area contributed by atoms with Crippen LogP contribution in [0.1, 0.15) is 5.56 Å². The molecular formula is C22H21N3O4S. The summed E-state index contributed by atoms with van der Waals surface area (Å²) >= 11 is -2.05. The largest absolute Gasteiger partial charge is 0.457 e. The van der Waals surface area contributed by atoms with E-state index in [0.717, 1.165) is 22.1 Å². The van der Waals surface area contributed by atoms with Crippen LogP contribution < -0.4 is 15.0 Å². The summed E-state index contributed by atoms with van der Waals surface area (Å²) in [5.41, 5.74) is 3.10. The van der Waals surface area contributed by atoms with Crippen molar-refractivity contribution in [2.75, 3.05) is 6.54 Å². The van der Waals surface area contributed by atoms with Gasteiger partial charge in [0.1, 0.15) is 17.0 Å². The zero-order valence-corrected chi connectivity index (χ0v) is 17.1. The van der Waals surface area contributed by atoms with Gasteiger partial charge in [-0.25, -0.2) is 8.93 Å². The molecular weight excluding hydrogens is 402 g/mol. The number of hydrogen-bond acceptors (Lipinski definition) is 3. The maximum Gasteiger partial charge on any atom is 0.274 e. The minimum absolute atomic E-state index is 0.102. The van der Waals surface area contributed by atoms with Crippen molar-refractivity contribution in [2.45, 2.75) is 6.42 Å². The van der Waals surface area contributed by atoms with Gasteiger partial charge >= 0.3 is 0 Å². The molecule has 2 heterocycles. The van der Waals surface area contributed by atoms with Gasteiger partial charge in [-0.2, -0.15) is 0 Å². The number of H-pyrrole nitrogens is 1. The molecule has 0 amide bonds. The Morgan fingerprint density at radius 3 is 2.70 bits per heavy atom. The molecule has 0 radical (unpaired) electrons. The van der Waals surface area contributed by atoms with Crippen LogP contribution in [0.15, 0.2) is 71.8 Å². The van der Waals surface area contributed by atoms with Crippen molar-refractivity contribution in [3.63, 3.8) is 0 Å². The number of pyridine rings is 1. The molecule has 2 aromatic carbocycles. The number of hydrogen-bond donors (Lipinski definition) is 3. The summed E-state index contributed by atoms with van der Waals surface area (Å²) < 4.78 is 30.0. The zero-order valence-electron chi connectivity index (χ0n) is 16.3. The predicted molar refractivity (Wildman–Crippen MR) is 118 cm³/mol. The first kappa shape index (κ1) is 20.1. The summed E-state index contributed by atoms with van der Waals surface area (Å²) in [5.74, 6) is 1.36. The second kappa shape index (κ2) is 8.66. The number of nitrogens with one attached hydrogen (secondary N) is 2. The number of rotatable bonds is 7. The second-order valence-corrected chi connectivity index (χ2v) is 7.65. The fourth-order valence-electron chi connectivity index (χ4n) is 3.41. The molecule has 2 aromatic heterocycles. The minimum atomic E-state index is -2.05. The first-order valence-electron chi connectivity index (χ1n) is 9.40. The SMILES string of the molecule is Cn1cc(-c2cc(CCNS(=O)O)ccc2Oc2ccccc2)c2cc[nH]c2c1=O. The van der Waals surface area contributed by atoms with E-state index in [-0.39, 0.29) is 5.56 Å². The molecule has 154 valence electrons. The molecule has 0 bridgehead atoms. The Morgan fingerprint density at radius 2 is 1.93 bits per heavy atom. The van der Waals surface area contributed by atoms with Gasteiger partial charge in [0.15, 0.2) is 0 Å². The van der Waals surface area contributed by atoms with Crippen LogP contribution in [0.4, 0.5) is 0 Å². The number of fused-ring (bicyclic) bond motifs is 1. The lowest BCUT2D eigenvalue weighted by atomic mass is 9.99. The van der Waals surface area contributed by atoms with E-state index < -0.39 is 11.3 Å². The molecule has 30 heavy (non-hydrogen) atoms. The first-order chi connectivity index (χ1) is 14.5. The van der Waals surface area contributed by atoms with Crippen LogP contribution in [0.3, 0.4) is 0 Å². The molecule has 3 N–H and O–H groups in total. The number of benzene rings is 2. The Balaban J connectivity index is 1.82. The van der Waals surface area contributed by atoms with Crippen LogP contribution in [0.5, 0.6) is 11.5 Å². The number of ether oxygens (including phenoxy) is 1. The van der Waals surface area contributed by atoms with E-state index in [9.17, 15) is 9.00 Å². The van der Waals surface area contributed by atoms with E-state index in [1.54, 1.807) is 24.0 Å². The van der Waals surface area contributed by atoms with E-state index in [2.05, 4.69) is 9.71 Å². The highest BCUT2D eigenvalue weighted by atomic mass is 32.2. The number of nitrogens with zero attached hydrogens (tertiary/aromatic N) is 1. The van der Waals surface area contributed by atoms with E-state index in [1.807, 2.05) is 54.6 Å². The standard InChI is InChI=1S/C22H21N3O4S/c1-25-14-19(17-10-11-23-21(17)22(25)26)18-13-15(9-12-24-30(27)28)7-8-20(18)29-16-5-3-2-4-6-16/h2-8,10-11,13-14,23-24H,9,12H2,1H3,(H,27,28). The minimum Gasteiger partial charge on any atom is -0.457 e. The van der Waals surface area contributed by atoms with Crippen molar-refractivity contribution < 1.29 is 13.5 Å². The molecule has 8 heteroatoms. The van der Waals surface area contributed by atoms with Crippen molar-refractivity contribution in [2.24, 2.45) is 7.05 Å².